The summed E-state index contributed by atoms with van der Waals surface area (Å²) in [7, 11) is -1.91. The van der Waals surface area contributed by atoms with E-state index in [1.807, 2.05) is 23.1 Å². The number of halogens is 2. The summed E-state index contributed by atoms with van der Waals surface area (Å²) >= 11 is 14.0. The lowest BCUT2D eigenvalue weighted by Gasteiger charge is -2.29. The Morgan fingerprint density at radius 1 is 1.14 bits per heavy atom. The first-order valence-corrected chi connectivity index (χ1v) is 14.4. The van der Waals surface area contributed by atoms with E-state index in [1.165, 1.54) is 35.5 Å². The Kier molecular flexibility index (Phi) is 7.12. The van der Waals surface area contributed by atoms with E-state index in [1.54, 1.807) is 18.2 Å². The minimum atomic E-state index is -3.33. The summed E-state index contributed by atoms with van der Waals surface area (Å²) in [6, 6.07) is 11.1. The van der Waals surface area contributed by atoms with Crippen LogP contribution in [-0.4, -0.2) is 54.5 Å². The summed E-state index contributed by atoms with van der Waals surface area (Å²) in [6.45, 7) is 1.21. The summed E-state index contributed by atoms with van der Waals surface area (Å²) in [5, 5.41) is 4.56. The Morgan fingerprint density at radius 3 is 2.67 bits per heavy atom. The highest BCUT2D eigenvalue weighted by Crippen LogP contribution is 2.39. The Bertz CT molecular complexity index is 1430. The number of rotatable bonds is 6. The van der Waals surface area contributed by atoms with Crippen molar-refractivity contribution in [2.45, 2.75) is 18.0 Å². The zero-order chi connectivity index (χ0) is 25.4. The van der Waals surface area contributed by atoms with E-state index in [2.05, 4.69) is 20.0 Å². The molecular formula is C23H22Cl2N6O3S2. The molecule has 0 radical (unpaired) electrons. The molecule has 3 aromatic rings. The molecule has 5 rings (SSSR count). The van der Waals surface area contributed by atoms with E-state index in [0.29, 0.717) is 51.2 Å². The SMILES string of the molecule is CNS(=O)(=O)CN1CCc2ccc(Nc3ncc4c(n3)SCN(c3c(Cl)cccc3Cl)C4=O)cc2C1. The molecule has 13 heteroatoms. The van der Waals surface area contributed by atoms with Gasteiger partial charge in [-0.3, -0.25) is 14.6 Å². The largest absolute Gasteiger partial charge is 0.324 e. The number of fused-ring (bicyclic) bond motifs is 2. The standard InChI is InChI=1S/C23H22Cl2N6O3S2/c1-26-36(33,34)13-30-8-7-14-5-6-16(9-15(14)11-30)28-23-27-10-17-21(29-23)35-12-31(22(17)32)20-18(24)3-2-4-19(20)25/h2-6,9-10,26H,7-8,11-13H2,1H3,(H,27,28,29). The van der Waals surface area contributed by atoms with E-state index in [4.69, 9.17) is 23.2 Å². The van der Waals surface area contributed by atoms with Gasteiger partial charge < -0.3 is 5.32 Å². The van der Waals surface area contributed by atoms with Crippen molar-refractivity contribution in [3.05, 3.63) is 69.3 Å². The van der Waals surface area contributed by atoms with Crippen molar-refractivity contribution >= 4 is 68.2 Å². The molecule has 2 aromatic carbocycles. The van der Waals surface area contributed by atoms with Crippen molar-refractivity contribution in [3.8, 4) is 0 Å². The number of aromatic nitrogens is 2. The fraction of sp³-hybridized carbons (Fsp3) is 0.261. The number of para-hydroxylation sites is 1. The van der Waals surface area contributed by atoms with Gasteiger partial charge in [0.1, 0.15) is 10.9 Å². The molecule has 9 nitrogen and oxygen atoms in total. The highest BCUT2D eigenvalue weighted by atomic mass is 35.5. The summed E-state index contributed by atoms with van der Waals surface area (Å²) in [6.07, 6.45) is 2.27. The molecule has 1 amide bonds. The minimum absolute atomic E-state index is 0.0454. The van der Waals surface area contributed by atoms with Crippen LogP contribution in [0.15, 0.2) is 47.6 Å². The minimum Gasteiger partial charge on any atom is -0.324 e. The molecule has 0 unspecified atom stereocenters. The second kappa shape index (κ2) is 10.2. The lowest BCUT2D eigenvalue weighted by Crippen LogP contribution is -2.38. The monoisotopic (exact) mass is 564 g/mol. The molecule has 0 atom stereocenters. The van der Waals surface area contributed by atoms with Crippen molar-refractivity contribution in [2.75, 3.05) is 35.6 Å². The Hall–Kier alpha value is -2.41. The maximum Gasteiger partial charge on any atom is 0.263 e. The molecule has 188 valence electrons. The van der Waals surface area contributed by atoms with Gasteiger partial charge in [0.15, 0.2) is 0 Å². The molecule has 2 aliphatic heterocycles. The van der Waals surface area contributed by atoms with E-state index in [9.17, 15) is 13.2 Å². The molecular weight excluding hydrogens is 543 g/mol. The van der Waals surface area contributed by atoms with E-state index in [0.717, 1.165) is 17.7 Å². The lowest BCUT2D eigenvalue weighted by molar-refractivity contribution is 0.0985. The van der Waals surface area contributed by atoms with Crippen LogP contribution in [0.5, 0.6) is 0 Å². The molecule has 3 heterocycles. The van der Waals surface area contributed by atoms with Gasteiger partial charge in [0.2, 0.25) is 16.0 Å². The number of benzene rings is 2. The average molecular weight is 566 g/mol. The van der Waals surface area contributed by atoms with E-state index >= 15 is 0 Å². The number of carbonyl (C=O) groups excluding carboxylic acids is 1. The van der Waals surface area contributed by atoms with Crippen LogP contribution in [0, 0.1) is 0 Å². The topological polar surface area (TPSA) is 108 Å². The van der Waals surface area contributed by atoms with Crippen LogP contribution in [0.4, 0.5) is 17.3 Å². The van der Waals surface area contributed by atoms with Crippen LogP contribution >= 0.6 is 35.0 Å². The van der Waals surface area contributed by atoms with Crippen LogP contribution in [0.3, 0.4) is 0 Å². The third-order valence-electron chi connectivity index (χ3n) is 5.98. The van der Waals surface area contributed by atoms with Gasteiger partial charge in [0, 0.05) is 25.0 Å². The van der Waals surface area contributed by atoms with Gasteiger partial charge in [0.05, 0.1) is 27.2 Å². The van der Waals surface area contributed by atoms with Gasteiger partial charge in [-0.05, 0) is 48.9 Å². The smallest absolute Gasteiger partial charge is 0.263 e. The molecule has 0 saturated carbocycles. The predicted molar refractivity (Wildman–Crippen MR) is 143 cm³/mol. The third kappa shape index (κ3) is 5.17. The molecule has 0 aliphatic carbocycles. The van der Waals surface area contributed by atoms with Crippen molar-refractivity contribution in [1.82, 2.24) is 19.6 Å². The fourth-order valence-electron chi connectivity index (χ4n) is 4.16. The van der Waals surface area contributed by atoms with E-state index in [-0.39, 0.29) is 11.8 Å². The zero-order valence-electron chi connectivity index (χ0n) is 19.2. The Labute approximate surface area is 223 Å². The Balaban J connectivity index is 1.33. The number of anilines is 3. The summed E-state index contributed by atoms with van der Waals surface area (Å²) in [5.41, 5.74) is 3.86. The maximum absolute atomic E-state index is 13.1. The molecule has 2 N–H and O–H groups in total. The predicted octanol–water partition coefficient (Wildman–Crippen LogP) is 4.10. The molecule has 2 aliphatic rings. The van der Waals surface area contributed by atoms with Crippen molar-refractivity contribution in [2.24, 2.45) is 0 Å². The number of sulfonamides is 1. The van der Waals surface area contributed by atoms with Crippen molar-refractivity contribution in [1.29, 1.82) is 0 Å². The van der Waals surface area contributed by atoms with Crippen LogP contribution in [0.1, 0.15) is 21.5 Å². The third-order valence-corrected chi connectivity index (χ3v) is 8.89. The maximum atomic E-state index is 13.1. The molecule has 1 aromatic heterocycles. The number of amides is 1. The van der Waals surface area contributed by atoms with Crippen molar-refractivity contribution < 1.29 is 13.2 Å². The summed E-state index contributed by atoms with van der Waals surface area (Å²) < 4.78 is 26.2. The highest BCUT2D eigenvalue weighted by molar-refractivity contribution is 7.99. The quantitative estimate of drug-likeness (QED) is 0.431. The van der Waals surface area contributed by atoms with Crippen LogP contribution < -0.4 is 14.9 Å². The van der Waals surface area contributed by atoms with Gasteiger partial charge in [-0.15, -0.1) is 0 Å². The van der Waals surface area contributed by atoms with Gasteiger partial charge in [-0.25, -0.2) is 23.1 Å². The fourth-order valence-corrected chi connectivity index (χ4v) is 6.54. The van der Waals surface area contributed by atoms with Gasteiger partial charge in [-0.2, -0.15) is 0 Å². The summed E-state index contributed by atoms with van der Waals surface area (Å²) in [4.78, 5) is 25.5. The highest BCUT2D eigenvalue weighted by Gasteiger charge is 2.30. The van der Waals surface area contributed by atoms with Crippen LogP contribution in [-0.2, 0) is 23.0 Å². The van der Waals surface area contributed by atoms with Crippen LogP contribution in [0.25, 0.3) is 0 Å². The van der Waals surface area contributed by atoms with Gasteiger partial charge >= 0.3 is 0 Å². The summed E-state index contributed by atoms with van der Waals surface area (Å²) in [5.74, 6) is 0.367. The number of nitrogens with zero attached hydrogens (tertiary/aromatic N) is 4. The lowest BCUT2D eigenvalue weighted by atomic mass is 9.99. The number of thioether (sulfide) groups is 1. The number of carbonyl (C=O) groups is 1. The first-order valence-electron chi connectivity index (χ1n) is 11.0. The van der Waals surface area contributed by atoms with Gasteiger partial charge in [-0.1, -0.05) is 47.1 Å². The first-order chi connectivity index (χ1) is 17.2. The second-order valence-corrected chi connectivity index (χ2v) is 12.0. The average Bonchev–Trinajstić information content (AvgIpc) is 2.85. The molecule has 36 heavy (non-hydrogen) atoms. The Morgan fingerprint density at radius 2 is 1.92 bits per heavy atom. The van der Waals surface area contributed by atoms with Gasteiger partial charge in [0.25, 0.3) is 5.91 Å². The number of hydrogen-bond donors (Lipinski definition) is 2. The molecule has 0 bridgehead atoms. The van der Waals surface area contributed by atoms with E-state index < -0.39 is 10.0 Å². The molecule has 0 spiro atoms. The number of nitrogens with one attached hydrogen (secondary N) is 2. The first kappa shape index (κ1) is 25.2. The zero-order valence-corrected chi connectivity index (χ0v) is 22.3. The normalized spacial score (nSPS) is 16.0. The second-order valence-electron chi connectivity index (χ2n) is 8.35. The molecule has 0 saturated heterocycles. The number of hydrogen-bond acceptors (Lipinski definition) is 8. The van der Waals surface area contributed by atoms with Crippen molar-refractivity contribution in [3.63, 3.8) is 0 Å². The molecule has 0 fully saturated rings. The van der Waals surface area contributed by atoms with Crippen LogP contribution in [0.2, 0.25) is 10.0 Å².